The van der Waals surface area contributed by atoms with Crippen molar-refractivity contribution < 1.29 is 17.9 Å². The zero-order valence-corrected chi connectivity index (χ0v) is 20.4. The largest absolute Gasteiger partial charge is 0.497 e. The molecule has 6 nitrogen and oxygen atoms in total. The molecule has 4 rings (SSSR count). The summed E-state index contributed by atoms with van der Waals surface area (Å²) < 4.78 is 42.6. The van der Waals surface area contributed by atoms with E-state index in [9.17, 15) is 8.42 Å². The van der Waals surface area contributed by atoms with Gasteiger partial charge in [0.1, 0.15) is 11.5 Å². The highest BCUT2D eigenvalue weighted by Gasteiger charge is 2.19. The van der Waals surface area contributed by atoms with Crippen molar-refractivity contribution in [3.05, 3.63) is 83.2 Å². The van der Waals surface area contributed by atoms with Crippen LogP contribution in [0, 0.1) is 6.92 Å². The predicted molar refractivity (Wildman–Crippen MR) is 131 cm³/mol. The molecule has 1 heterocycles. The van der Waals surface area contributed by atoms with Gasteiger partial charge in [0.25, 0.3) is 10.0 Å². The minimum atomic E-state index is -3.87. The molecule has 4 aromatic rings. The van der Waals surface area contributed by atoms with Crippen molar-refractivity contribution in [2.45, 2.75) is 11.8 Å². The van der Waals surface area contributed by atoms with Crippen molar-refractivity contribution in [1.82, 2.24) is 4.57 Å². The molecule has 0 amide bonds. The van der Waals surface area contributed by atoms with Crippen LogP contribution < -0.4 is 14.3 Å². The van der Waals surface area contributed by atoms with Crippen molar-refractivity contribution in [2.24, 2.45) is 11.4 Å². The quantitative estimate of drug-likeness (QED) is 0.388. The lowest BCUT2D eigenvalue weighted by Gasteiger charge is -2.09. The third-order valence-electron chi connectivity index (χ3n) is 5.26. The fourth-order valence-corrected chi connectivity index (χ4v) is 5.79. The summed E-state index contributed by atoms with van der Waals surface area (Å²) in [5.74, 6) is 1.49. The number of aromatic nitrogens is 1. The first-order valence-corrected chi connectivity index (χ1v) is 12.4. The Hall–Kier alpha value is -3.36. The lowest BCUT2D eigenvalue weighted by Crippen LogP contribution is -2.14. The molecule has 0 spiro atoms. The van der Waals surface area contributed by atoms with Crippen LogP contribution in [0.4, 0.5) is 0 Å². The number of benzene rings is 3. The van der Waals surface area contributed by atoms with Gasteiger partial charge in [0, 0.05) is 7.05 Å². The number of thiazole rings is 1. The predicted octanol–water partition coefficient (Wildman–Crippen LogP) is 5.04. The lowest BCUT2D eigenvalue weighted by molar-refractivity contribution is 0.414. The maximum absolute atomic E-state index is 13.0. The Morgan fingerprint density at radius 2 is 1.30 bits per heavy atom. The molecule has 1 aromatic heterocycles. The zero-order chi connectivity index (χ0) is 23.6. The summed E-state index contributed by atoms with van der Waals surface area (Å²) in [6.07, 6.45) is 0. The van der Waals surface area contributed by atoms with E-state index in [-0.39, 0.29) is 4.90 Å². The van der Waals surface area contributed by atoms with Gasteiger partial charge in [-0.3, -0.25) is 0 Å². The van der Waals surface area contributed by atoms with Crippen LogP contribution in [0.1, 0.15) is 5.56 Å². The van der Waals surface area contributed by atoms with Crippen LogP contribution in [0.3, 0.4) is 0 Å². The number of ether oxygens (including phenoxy) is 2. The van der Waals surface area contributed by atoms with E-state index in [1.165, 1.54) is 11.3 Å². The summed E-state index contributed by atoms with van der Waals surface area (Å²) in [5, 5.41) is 0. The average Bonchev–Trinajstić information content (AvgIpc) is 3.14. The first-order chi connectivity index (χ1) is 15.8. The Morgan fingerprint density at radius 1 is 0.788 bits per heavy atom. The van der Waals surface area contributed by atoms with Crippen LogP contribution in [0.25, 0.3) is 21.7 Å². The highest BCUT2D eigenvalue weighted by Crippen LogP contribution is 2.36. The maximum atomic E-state index is 13.0. The second kappa shape index (κ2) is 9.25. The van der Waals surface area contributed by atoms with E-state index in [1.807, 2.05) is 67.1 Å². The molecule has 0 saturated heterocycles. The second-order valence-corrected chi connectivity index (χ2v) is 10.0. The third-order valence-corrected chi connectivity index (χ3v) is 7.84. The first-order valence-electron chi connectivity index (χ1n) is 10.2. The Morgan fingerprint density at radius 3 is 1.82 bits per heavy atom. The number of sulfonamides is 1. The molecule has 0 saturated carbocycles. The molecule has 0 aliphatic carbocycles. The molecule has 3 aromatic carbocycles. The van der Waals surface area contributed by atoms with Crippen molar-refractivity contribution >= 4 is 21.4 Å². The average molecular weight is 481 g/mol. The number of hydrogen-bond acceptors (Lipinski definition) is 5. The molecule has 0 bridgehead atoms. The Labute approximate surface area is 197 Å². The molecule has 8 heteroatoms. The molecule has 0 atom stereocenters. The fourth-order valence-electron chi connectivity index (χ4n) is 3.41. The van der Waals surface area contributed by atoms with Crippen LogP contribution in [0.15, 0.2) is 82.1 Å². The number of nitrogens with zero attached hydrogens (tertiary/aromatic N) is 2. The topological polar surface area (TPSA) is 69.9 Å². The van der Waals surface area contributed by atoms with Crippen LogP contribution in [-0.4, -0.2) is 27.2 Å². The summed E-state index contributed by atoms with van der Waals surface area (Å²) in [7, 11) is 1.20. The molecule has 0 N–H and O–H groups in total. The van der Waals surface area contributed by atoms with Gasteiger partial charge in [0.2, 0.25) is 4.80 Å². The SMILES string of the molecule is COc1ccc(-c2sc(=NS(=O)(=O)c3ccc(C)cc3)n(C)c2-c2ccc(OC)cc2)cc1. The van der Waals surface area contributed by atoms with Crippen LogP contribution in [0.5, 0.6) is 11.5 Å². The highest BCUT2D eigenvalue weighted by atomic mass is 32.2. The van der Waals surface area contributed by atoms with Crippen molar-refractivity contribution in [3.63, 3.8) is 0 Å². The molecular weight excluding hydrogens is 456 g/mol. The van der Waals surface area contributed by atoms with Gasteiger partial charge >= 0.3 is 0 Å². The van der Waals surface area contributed by atoms with Gasteiger partial charge in [0.05, 0.1) is 29.7 Å². The molecule has 0 aliphatic heterocycles. The van der Waals surface area contributed by atoms with E-state index in [0.29, 0.717) is 4.80 Å². The molecule has 33 heavy (non-hydrogen) atoms. The molecule has 170 valence electrons. The Balaban J connectivity index is 1.92. The second-order valence-electron chi connectivity index (χ2n) is 7.46. The molecule has 0 fully saturated rings. The number of aryl methyl sites for hydroxylation is 1. The standard InChI is InChI=1S/C25H24N2O4S2/c1-17-5-15-22(16-6-17)33(28,29)26-25-27(2)23(18-7-11-20(30-3)12-8-18)24(32-25)19-9-13-21(31-4)14-10-19/h5-16H,1-4H3. The summed E-state index contributed by atoms with van der Waals surface area (Å²) in [5.41, 5.74) is 3.72. The monoisotopic (exact) mass is 480 g/mol. The first kappa shape index (κ1) is 22.8. The van der Waals surface area contributed by atoms with Gasteiger partial charge < -0.3 is 14.0 Å². The van der Waals surface area contributed by atoms with Crippen LogP contribution in [-0.2, 0) is 17.1 Å². The van der Waals surface area contributed by atoms with Crippen molar-refractivity contribution in [1.29, 1.82) is 0 Å². The van der Waals surface area contributed by atoms with Gasteiger partial charge in [-0.2, -0.15) is 8.42 Å². The summed E-state index contributed by atoms with van der Waals surface area (Å²) in [6.45, 7) is 1.91. The van der Waals surface area contributed by atoms with E-state index in [0.717, 1.165) is 38.8 Å². The van der Waals surface area contributed by atoms with Gasteiger partial charge in [-0.15, -0.1) is 4.40 Å². The minimum Gasteiger partial charge on any atom is -0.497 e. The van der Waals surface area contributed by atoms with Gasteiger partial charge in [-0.05, 0) is 78.7 Å². The smallest absolute Gasteiger partial charge is 0.285 e. The Kier molecular flexibility index (Phi) is 6.40. The van der Waals surface area contributed by atoms with E-state index in [2.05, 4.69) is 4.40 Å². The number of hydrogen-bond donors (Lipinski definition) is 0. The van der Waals surface area contributed by atoms with Gasteiger partial charge in [-0.1, -0.05) is 29.0 Å². The van der Waals surface area contributed by atoms with E-state index in [4.69, 9.17) is 9.47 Å². The number of methoxy groups -OCH3 is 2. The normalized spacial score (nSPS) is 12.1. The van der Waals surface area contributed by atoms with Crippen LogP contribution >= 0.6 is 11.3 Å². The maximum Gasteiger partial charge on any atom is 0.285 e. The fraction of sp³-hybridized carbons (Fsp3) is 0.160. The molecule has 0 aliphatic rings. The van der Waals surface area contributed by atoms with Gasteiger partial charge in [-0.25, -0.2) is 0 Å². The van der Waals surface area contributed by atoms with E-state index >= 15 is 0 Å². The highest BCUT2D eigenvalue weighted by molar-refractivity contribution is 7.90. The number of rotatable bonds is 6. The molecular formula is C25H24N2O4S2. The van der Waals surface area contributed by atoms with Crippen molar-refractivity contribution in [2.75, 3.05) is 14.2 Å². The third kappa shape index (κ3) is 4.72. The summed E-state index contributed by atoms with van der Waals surface area (Å²) >= 11 is 1.33. The van der Waals surface area contributed by atoms with E-state index < -0.39 is 10.0 Å². The summed E-state index contributed by atoms with van der Waals surface area (Å²) in [6, 6.07) is 22.0. The molecule has 0 radical (unpaired) electrons. The lowest BCUT2D eigenvalue weighted by atomic mass is 10.1. The Bertz CT molecular complexity index is 1430. The van der Waals surface area contributed by atoms with Crippen molar-refractivity contribution in [3.8, 4) is 33.2 Å². The van der Waals surface area contributed by atoms with Crippen LogP contribution in [0.2, 0.25) is 0 Å². The van der Waals surface area contributed by atoms with Gasteiger partial charge in [0.15, 0.2) is 0 Å². The zero-order valence-electron chi connectivity index (χ0n) is 18.8. The van der Waals surface area contributed by atoms with E-state index in [1.54, 1.807) is 38.5 Å². The molecule has 0 unspecified atom stereocenters. The summed E-state index contributed by atoms with van der Waals surface area (Å²) in [4.78, 5) is 1.45. The minimum absolute atomic E-state index is 0.165.